The van der Waals surface area contributed by atoms with E-state index in [4.69, 9.17) is 11.0 Å². The van der Waals surface area contributed by atoms with Crippen LogP contribution in [0.3, 0.4) is 0 Å². The van der Waals surface area contributed by atoms with Gasteiger partial charge in [0.1, 0.15) is 5.75 Å². The van der Waals surface area contributed by atoms with Gasteiger partial charge in [0.15, 0.2) is 0 Å². The molecule has 1 heterocycles. The Kier molecular flexibility index (Phi) is 2.02. The number of nitrogens with two attached hydrogens (primary N) is 1. The SMILES string of the molecule is N#CCc1sc2cccc(O)c2c1N. The topological polar surface area (TPSA) is 70.0 Å². The number of rotatable bonds is 1. The third-order valence-electron chi connectivity index (χ3n) is 2.05. The number of benzene rings is 1. The van der Waals surface area contributed by atoms with E-state index in [1.165, 1.54) is 11.3 Å². The average Bonchev–Trinajstić information content (AvgIpc) is 2.46. The maximum Gasteiger partial charge on any atom is 0.126 e. The lowest BCUT2D eigenvalue weighted by Gasteiger charge is -1.95. The number of aromatic hydroxyl groups is 1. The van der Waals surface area contributed by atoms with E-state index in [1.807, 2.05) is 6.07 Å². The molecule has 2 aromatic rings. The molecule has 0 radical (unpaired) electrons. The van der Waals surface area contributed by atoms with Gasteiger partial charge >= 0.3 is 0 Å². The minimum Gasteiger partial charge on any atom is -0.507 e. The summed E-state index contributed by atoms with van der Waals surface area (Å²) in [5.41, 5.74) is 6.36. The summed E-state index contributed by atoms with van der Waals surface area (Å²) in [6, 6.07) is 7.31. The van der Waals surface area contributed by atoms with Crippen molar-refractivity contribution < 1.29 is 5.11 Å². The van der Waals surface area contributed by atoms with Crippen LogP contribution in [0.4, 0.5) is 5.69 Å². The minimum absolute atomic E-state index is 0.181. The molecule has 0 saturated carbocycles. The molecule has 4 heteroatoms. The number of phenolic OH excluding ortho intramolecular Hbond substituents is 1. The smallest absolute Gasteiger partial charge is 0.126 e. The van der Waals surface area contributed by atoms with E-state index in [-0.39, 0.29) is 5.75 Å². The van der Waals surface area contributed by atoms with Gasteiger partial charge < -0.3 is 10.8 Å². The van der Waals surface area contributed by atoms with Crippen molar-refractivity contribution in [3.63, 3.8) is 0 Å². The summed E-state index contributed by atoms with van der Waals surface area (Å²) in [4.78, 5) is 0.823. The zero-order valence-electron chi connectivity index (χ0n) is 7.32. The fourth-order valence-corrected chi connectivity index (χ4v) is 2.48. The predicted octanol–water partition coefficient (Wildman–Crippen LogP) is 2.26. The summed E-state index contributed by atoms with van der Waals surface area (Å²) < 4.78 is 0.924. The van der Waals surface area contributed by atoms with E-state index >= 15 is 0 Å². The van der Waals surface area contributed by atoms with E-state index in [0.29, 0.717) is 17.5 Å². The number of thiophene rings is 1. The molecule has 0 atom stereocenters. The Morgan fingerprint density at radius 1 is 1.50 bits per heavy atom. The second-order valence-corrected chi connectivity index (χ2v) is 4.06. The van der Waals surface area contributed by atoms with Crippen LogP contribution in [0, 0.1) is 11.3 Å². The van der Waals surface area contributed by atoms with Crippen LogP contribution >= 0.6 is 11.3 Å². The Hall–Kier alpha value is -1.73. The molecule has 0 aliphatic rings. The molecular weight excluding hydrogens is 196 g/mol. The van der Waals surface area contributed by atoms with Crippen LogP contribution in [0.1, 0.15) is 4.88 Å². The van der Waals surface area contributed by atoms with Gasteiger partial charge in [-0.25, -0.2) is 0 Å². The van der Waals surface area contributed by atoms with E-state index in [9.17, 15) is 5.11 Å². The van der Waals surface area contributed by atoms with Gasteiger partial charge in [0.05, 0.1) is 23.6 Å². The highest BCUT2D eigenvalue weighted by Gasteiger charge is 2.11. The number of nitrogens with zero attached hydrogens (tertiary/aromatic N) is 1. The minimum atomic E-state index is 0.181. The molecule has 1 aromatic heterocycles. The molecule has 0 fully saturated rings. The van der Waals surface area contributed by atoms with Crippen molar-refractivity contribution in [1.29, 1.82) is 5.26 Å². The first-order chi connectivity index (χ1) is 6.74. The molecule has 0 saturated heterocycles. The van der Waals surface area contributed by atoms with Crippen LogP contribution in [0.2, 0.25) is 0 Å². The number of anilines is 1. The van der Waals surface area contributed by atoms with Gasteiger partial charge in [0, 0.05) is 9.58 Å². The Morgan fingerprint density at radius 2 is 2.29 bits per heavy atom. The molecular formula is C10H8N2OS. The highest BCUT2D eigenvalue weighted by Crippen LogP contribution is 2.38. The van der Waals surface area contributed by atoms with Crippen molar-refractivity contribution in [3.05, 3.63) is 23.1 Å². The third kappa shape index (κ3) is 1.19. The maximum absolute atomic E-state index is 9.58. The van der Waals surface area contributed by atoms with Crippen LogP contribution in [0.25, 0.3) is 10.1 Å². The van der Waals surface area contributed by atoms with E-state index in [2.05, 4.69) is 6.07 Å². The summed E-state index contributed by atoms with van der Waals surface area (Å²) in [7, 11) is 0. The maximum atomic E-state index is 9.58. The molecule has 2 rings (SSSR count). The Balaban J connectivity index is 2.75. The number of fused-ring (bicyclic) bond motifs is 1. The Labute approximate surface area is 85.0 Å². The summed E-state index contributed by atoms with van der Waals surface area (Å²) in [5, 5.41) is 18.8. The van der Waals surface area contributed by atoms with Gasteiger partial charge in [0.2, 0.25) is 0 Å². The van der Waals surface area contributed by atoms with Crippen molar-refractivity contribution in [2.45, 2.75) is 6.42 Å². The van der Waals surface area contributed by atoms with Crippen LogP contribution in [0.15, 0.2) is 18.2 Å². The highest BCUT2D eigenvalue weighted by molar-refractivity contribution is 7.19. The molecule has 0 unspecified atom stereocenters. The fourth-order valence-electron chi connectivity index (χ4n) is 1.41. The second-order valence-electron chi connectivity index (χ2n) is 2.92. The summed E-state index contributed by atoms with van der Waals surface area (Å²) in [5.74, 6) is 0.181. The average molecular weight is 204 g/mol. The number of hydrogen-bond donors (Lipinski definition) is 2. The largest absolute Gasteiger partial charge is 0.507 e. The molecule has 0 amide bonds. The van der Waals surface area contributed by atoms with Crippen molar-refractivity contribution in [2.75, 3.05) is 5.73 Å². The van der Waals surface area contributed by atoms with Crippen LogP contribution < -0.4 is 5.73 Å². The zero-order chi connectivity index (χ0) is 10.1. The number of nitrogen functional groups attached to an aromatic ring is 1. The van der Waals surface area contributed by atoms with Gasteiger partial charge in [-0.05, 0) is 12.1 Å². The van der Waals surface area contributed by atoms with E-state index in [0.717, 1.165) is 9.58 Å². The molecule has 0 aliphatic carbocycles. The molecule has 14 heavy (non-hydrogen) atoms. The molecule has 0 aliphatic heterocycles. The lowest BCUT2D eigenvalue weighted by Crippen LogP contribution is -1.87. The van der Waals surface area contributed by atoms with Gasteiger partial charge in [-0.15, -0.1) is 11.3 Å². The summed E-state index contributed by atoms with van der Waals surface area (Å²) in [6.45, 7) is 0. The number of nitriles is 1. The van der Waals surface area contributed by atoms with Gasteiger partial charge in [-0.2, -0.15) is 5.26 Å². The van der Waals surface area contributed by atoms with Crippen LogP contribution in [-0.4, -0.2) is 5.11 Å². The Morgan fingerprint density at radius 3 is 2.93 bits per heavy atom. The molecule has 3 nitrogen and oxygen atoms in total. The first kappa shape index (κ1) is 8.85. The van der Waals surface area contributed by atoms with E-state index in [1.54, 1.807) is 12.1 Å². The van der Waals surface area contributed by atoms with E-state index < -0.39 is 0 Å². The molecule has 3 N–H and O–H groups in total. The standard InChI is InChI=1S/C10H8N2OS/c11-5-4-8-10(12)9-6(13)2-1-3-7(9)14-8/h1-3,13H,4,12H2. The van der Waals surface area contributed by atoms with Gasteiger partial charge in [0.25, 0.3) is 0 Å². The molecule has 70 valence electrons. The summed E-state index contributed by atoms with van der Waals surface area (Å²) >= 11 is 1.46. The van der Waals surface area contributed by atoms with Crippen LogP contribution in [0.5, 0.6) is 5.75 Å². The third-order valence-corrected chi connectivity index (χ3v) is 3.22. The number of phenols is 1. The zero-order valence-corrected chi connectivity index (χ0v) is 8.14. The lowest BCUT2D eigenvalue weighted by atomic mass is 10.2. The monoisotopic (exact) mass is 204 g/mol. The first-order valence-electron chi connectivity index (χ1n) is 4.10. The lowest BCUT2D eigenvalue weighted by molar-refractivity contribution is 0.482. The second kappa shape index (κ2) is 3.20. The van der Waals surface area contributed by atoms with Gasteiger partial charge in [-0.1, -0.05) is 6.07 Å². The molecule has 0 bridgehead atoms. The van der Waals surface area contributed by atoms with Crippen molar-refractivity contribution in [1.82, 2.24) is 0 Å². The van der Waals surface area contributed by atoms with Crippen molar-refractivity contribution in [2.24, 2.45) is 0 Å². The molecule has 1 aromatic carbocycles. The van der Waals surface area contributed by atoms with Crippen molar-refractivity contribution in [3.8, 4) is 11.8 Å². The predicted molar refractivity (Wildman–Crippen MR) is 57.2 cm³/mol. The molecule has 0 spiro atoms. The highest BCUT2D eigenvalue weighted by atomic mass is 32.1. The quantitative estimate of drug-likeness (QED) is 0.748. The fraction of sp³-hybridized carbons (Fsp3) is 0.100. The normalized spacial score (nSPS) is 10.2. The first-order valence-corrected chi connectivity index (χ1v) is 4.91. The summed E-state index contributed by atoms with van der Waals surface area (Å²) in [6.07, 6.45) is 0.296. The Bertz CT molecular complexity index is 525. The van der Waals surface area contributed by atoms with Gasteiger partial charge in [-0.3, -0.25) is 0 Å². The van der Waals surface area contributed by atoms with Crippen LogP contribution in [-0.2, 0) is 6.42 Å². The number of hydrogen-bond acceptors (Lipinski definition) is 4. The van der Waals surface area contributed by atoms with Crippen molar-refractivity contribution >= 4 is 27.1 Å².